The Labute approximate surface area is 166 Å². The average molecular weight is 467 g/mol. The number of nitrogens with zero attached hydrogens (tertiary/aromatic N) is 3. The zero-order valence-corrected chi connectivity index (χ0v) is 17.2. The van der Waals surface area contributed by atoms with Gasteiger partial charge in [-0.05, 0) is 32.6 Å². The molecular formula is C16H30IN5O3. The Balaban J connectivity index is 0.00000312. The number of nitrogens with two attached hydrogens (primary N) is 1. The van der Waals surface area contributed by atoms with E-state index in [1.807, 2.05) is 4.90 Å². The second kappa shape index (κ2) is 11.4. The van der Waals surface area contributed by atoms with Gasteiger partial charge in [-0.3, -0.25) is 9.79 Å². The Morgan fingerprint density at radius 3 is 2.40 bits per heavy atom. The monoisotopic (exact) mass is 467 g/mol. The van der Waals surface area contributed by atoms with Crippen LogP contribution < -0.4 is 11.1 Å². The Bertz CT molecular complexity index is 461. The Kier molecular flexibility index (Phi) is 9.91. The lowest BCUT2D eigenvalue weighted by atomic mass is 10.1. The van der Waals surface area contributed by atoms with Crippen molar-refractivity contribution in [1.82, 2.24) is 15.1 Å². The summed E-state index contributed by atoms with van der Waals surface area (Å²) in [6, 6.07) is 0.203. The van der Waals surface area contributed by atoms with Gasteiger partial charge in [0.2, 0.25) is 5.91 Å². The number of likely N-dealkylation sites (tertiary alicyclic amines) is 2. The summed E-state index contributed by atoms with van der Waals surface area (Å²) in [5.74, 6) is 0.533. The normalized spacial score (nSPS) is 18.7. The van der Waals surface area contributed by atoms with Crippen LogP contribution in [0.2, 0.25) is 0 Å². The van der Waals surface area contributed by atoms with Crippen molar-refractivity contribution in [2.45, 2.75) is 45.1 Å². The number of carbonyl (C=O) groups excluding carboxylic acids is 2. The third-order valence-electron chi connectivity index (χ3n) is 4.44. The molecule has 0 bridgehead atoms. The molecule has 0 spiro atoms. The van der Waals surface area contributed by atoms with Crippen LogP contribution in [0.1, 0.15) is 39.0 Å². The predicted octanol–water partition coefficient (Wildman–Crippen LogP) is 1.14. The zero-order chi connectivity index (χ0) is 17.4. The first-order valence-electron chi connectivity index (χ1n) is 8.86. The summed E-state index contributed by atoms with van der Waals surface area (Å²) in [6.45, 7) is 5.65. The first-order chi connectivity index (χ1) is 11.6. The first-order valence-corrected chi connectivity index (χ1v) is 8.86. The highest BCUT2D eigenvalue weighted by Crippen LogP contribution is 2.11. The zero-order valence-electron chi connectivity index (χ0n) is 14.9. The van der Waals surface area contributed by atoms with Crippen molar-refractivity contribution in [1.29, 1.82) is 0 Å². The van der Waals surface area contributed by atoms with Gasteiger partial charge in [0.15, 0.2) is 5.96 Å². The quantitative estimate of drug-likeness (QED) is 0.359. The molecule has 2 aliphatic rings. The maximum atomic E-state index is 11.9. The van der Waals surface area contributed by atoms with Gasteiger partial charge in [0.25, 0.3) is 0 Å². The maximum absolute atomic E-state index is 11.9. The molecular weight excluding hydrogens is 437 g/mol. The van der Waals surface area contributed by atoms with Crippen molar-refractivity contribution in [2.24, 2.45) is 10.7 Å². The van der Waals surface area contributed by atoms with Crippen molar-refractivity contribution in [2.75, 3.05) is 39.3 Å². The molecule has 0 aromatic heterocycles. The fraction of sp³-hybridized carbons (Fsp3) is 0.812. The van der Waals surface area contributed by atoms with Crippen LogP contribution in [0.3, 0.4) is 0 Å². The lowest BCUT2D eigenvalue weighted by molar-refractivity contribution is -0.129. The molecule has 0 atom stereocenters. The highest BCUT2D eigenvalue weighted by atomic mass is 127. The lowest BCUT2D eigenvalue weighted by Crippen LogP contribution is -2.48. The van der Waals surface area contributed by atoms with Gasteiger partial charge in [-0.15, -0.1) is 24.0 Å². The van der Waals surface area contributed by atoms with Gasteiger partial charge in [0, 0.05) is 38.6 Å². The number of hydrogen-bond donors (Lipinski definition) is 2. The summed E-state index contributed by atoms with van der Waals surface area (Å²) < 4.78 is 5.00. The molecule has 2 rings (SSSR count). The molecule has 2 heterocycles. The molecule has 0 unspecified atom stereocenters. The number of ether oxygens (including phenoxy) is 1. The van der Waals surface area contributed by atoms with Crippen LogP contribution in [0.25, 0.3) is 0 Å². The molecule has 2 saturated heterocycles. The summed E-state index contributed by atoms with van der Waals surface area (Å²) in [6.07, 6.45) is 3.97. The van der Waals surface area contributed by atoms with Gasteiger partial charge in [0.1, 0.15) is 0 Å². The van der Waals surface area contributed by atoms with E-state index < -0.39 is 0 Å². The standard InChI is InChI=1S/C16H29N5O3.HI/c1-2-24-16(23)21-11-6-13(7-12-21)19-15(17)18-8-5-14(22)20-9-3-4-10-20;/h13H,2-12H2,1H3,(H3,17,18,19);1H. The molecule has 25 heavy (non-hydrogen) atoms. The van der Waals surface area contributed by atoms with Gasteiger partial charge in [-0.2, -0.15) is 0 Å². The number of rotatable bonds is 5. The topological polar surface area (TPSA) is 100 Å². The van der Waals surface area contributed by atoms with E-state index in [9.17, 15) is 9.59 Å². The fourth-order valence-electron chi connectivity index (χ4n) is 3.07. The van der Waals surface area contributed by atoms with Crippen molar-refractivity contribution in [3.63, 3.8) is 0 Å². The maximum Gasteiger partial charge on any atom is 0.409 e. The molecule has 9 heteroatoms. The van der Waals surface area contributed by atoms with Crippen molar-refractivity contribution < 1.29 is 14.3 Å². The van der Waals surface area contributed by atoms with E-state index in [2.05, 4.69) is 10.3 Å². The number of halogens is 1. The van der Waals surface area contributed by atoms with Gasteiger partial charge in [-0.25, -0.2) is 4.79 Å². The Morgan fingerprint density at radius 2 is 1.80 bits per heavy atom. The van der Waals surface area contributed by atoms with Crippen LogP contribution in [0.4, 0.5) is 4.79 Å². The number of guanidine groups is 1. The molecule has 0 aromatic carbocycles. The number of piperidine rings is 1. The van der Waals surface area contributed by atoms with Gasteiger partial charge >= 0.3 is 6.09 Å². The molecule has 2 fully saturated rings. The van der Waals surface area contributed by atoms with Crippen LogP contribution in [-0.2, 0) is 9.53 Å². The van der Waals surface area contributed by atoms with Crippen molar-refractivity contribution in [3.8, 4) is 0 Å². The summed E-state index contributed by atoms with van der Waals surface area (Å²) in [7, 11) is 0. The highest BCUT2D eigenvalue weighted by molar-refractivity contribution is 14.0. The molecule has 0 aromatic rings. The summed E-state index contributed by atoms with van der Waals surface area (Å²) >= 11 is 0. The minimum atomic E-state index is -0.252. The SMILES string of the molecule is CCOC(=O)N1CCC(NC(N)=NCCC(=O)N2CCCC2)CC1.I. The summed E-state index contributed by atoms with van der Waals surface area (Å²) in [5.41, 5.74) is 5.90. The van der Waals surface area contributed by atoms with Crippen LogP contribution in [0.5, 0.6) is 0 Å². The number of hydrogen-bond acceptors (Lipinski definition) is 4. The third kappa shape index (κ3) is 7.25. The van der Waals surface area contributed by atoms with Crippen LogP contribution in [0.15, 0.2) is 4.99 Å². The molecule has 8 nitrogen and oxygen atoms in total. The van der Waals surface area contributed by atoms with E-state index in [0.717, 1.165) is 38.8 Å². The van der Waals surface area contributed by atoms with Crippen LogP contribution in [-0.4, -0.2) is 73.1 Å². The molecule has 3 N–H and O–H groups in total. The molecule has 2 aliphatic heterocycles. The summed E-state index contributed by atoms with van der Waals surface area (Å²) in [5, 5.41) is 3.18. The Hall–Kier alpha value is -1.26. The molecule has 0 radical (unpaired) electrons. The second-order valence-electron chi connectivity index (χ2n) is 6.21. The van der Waals surface area contributed by atoms with E-state index in [4.69, 9.17) is 10.5 Å². The second-order valence-corrected chi connectivity index (χ2v) is 6.21. The summed E-state index contributed by atoms with van der Waals surface area (Å²) in [4.78, 5) is 31.4. The van der Waals surface area contributed by atoms with E-state index in [-0.39, 0.29) is 42.0 Å². The largest absolute Gasteiger partial charge is 0.450 e. The van der Waals surface area contributed by atoms with E-state index in [0.29, 0.717) is 38.6 Å². The van der Waals surface area contributed by atoms with E-state index in [1.54, 1.807) is 11.8 Å². The predicted molar refractivity (Wildman–Crippen MR) is 107 cm³/mol. The third-order valence-corrected chi connectivity index (χ3v) is 4.44. The van der Waals surface area contributed by atoms with Crippen LogP contribution in [0, 0.1) is 0 Å². The number of amides is 2. The van der Waals surface area contributed by atoms with E-state index in [1.165, 1.54) is 0 Å². The van der Waals surface area contributed by atoms with Gasteiger partial charge in [-0.1, -0.05) is 0 Å². The average Bonchev–Trinajstić information content (AvgIpc) is 3.10. The van der Waals surface area contributed by atoms with Crippen LogP contribution >= 0.6 is 24.0 Å². The minimum Gasteiger partial charge on any atom is -0.450 e. The fourth-order valence-corrected chi connectivity index (χ4v) is 3.07. The Morgan fingerprint density at radius 1 is 1.16 bits per heavy atom. The number of carbonyl (C=O) groups is 2. The molecule has 144 valence electrons. The first kappa shape index (κ1) is 21.8. The number of nitrogens with one attached hydrogen (secondary N) is 1. The molecule has 0 saturated carbocycles. The molecule has 0 aliphatic carbocycles. The van der Waals surface area contributed by atoms with Gasteiger partial charge < -0.3 is 25.6 Å². The van der Waals surface area contributed by atoms with Gasteiger partial charge in [0.05, 0.1) is 13.2 Å². The minimum absolute atomic E-state index is 0. The molecule has 2 amide bonds. The van der Waals surface area contributed by atoms with Crippen molar-refractivity contribution >= 4 is 41.9 Å². The lowest BCUT2D eigenvalue weighted by Gasteiger charge is -2.31. The number of aliphatic imine (C=N–C) groups is 1. The van der Waals surface area contributed by atoms with Crippen molar-refractivity contribution in [3.05, 3.63) is 0 Å². The van der Waals surface area contributed by atoms with E-state index >= 15 is 0 Å². The smallest absolute Gasteiger partial charge is 0.409 e. The highest BCUT2D eigenvalue weighted by Gasteiger charge is 2.23.